The molecule has 0 radical (unpaired) electrons. The molecule has 7 heteroatoms. The molecule has 1 fully saturated rings. The number of benzene rings is 1. The predicted molar refractivity (Wildman–Crippen MR) is 80.9 cm³/mol. The number of hydrogen-bond acceptors (Lipinski definition) is 5. The van der Waals surface area contributed by atoms with E-state index in [1.807, 2.05) is 19.1 Å². The Morgan fingerprint density at radius 1 is 1.32 bits per heavy atom. The van der Waals surface area contributed by atoms with Crippen LogP contribution in [-0.4, -0.2) is 32.0 Å². The molecular weight excluding hydrogens is 282 g/mol. The number of rotatable bonds is 4. The van der Waals surface area contributed by atoms with Crippen molar-refractivity contribution in [3.05, 3.63) is 34.1 Å². The standard InChI is InChI=1S/C15H15N5O2/c1-2-22-11-7-9(8-3-4-8)5-6-10(11)13-16-14-12(15(21)17-13)18-20-19-14/h5-8H,2-4H2,1H3,(H2,16,17,18,19,20,21). The van der Waals surface area contributed by atoms with Crippen LogP contribution in [0.15, 0.2) is 23.0 Å². The van der Waals surface area contributed by atoms with Gasteiger partial charge in [0.25, 0.3) is 5.56 Å². The van der Waals surface area contributed by atoms with Gasteiger partial charge in [0.2, 0.25) is 5.65 Å². The maximum atomic E-state index is 12.0. The topological polar surface area (TPSA) is 96.6 Å². The third-order valence-corrected chi connectivity index (χ3v) is 3.80. The van der Waals surface area contributed by atoms with Gasteiger partial charge in [0.1, 0.15) is 11.6 Å². The molecular formula is C15H15N5O2. The number of nitrogens with one attached hydrogen (secondary N) is 2. The van der Waals surface area contributed by atoms with Gasteiger partial charge in [-0.25, -0.2) is 4.98 Å². The van der Waals surface area contributed by atoms with E-state index in [9.17, 15) is 4.79 Å². The first-order valence-electron chi connectivity index (χ1n) is 7.34. The summed E-state index contributed by atoms with van der Waals surface area (Å²) in [6.07, 6.45) is 2.45. The molecule has 2 aromatic heterocycles. The summed E-state index contributed by atoms with van der Waals surface area (Å²) in [7, 11) is 0. The second kappa shape index (κ2) is 4.94. The lowest BCUT2D eigenvalue weighted by molar-refractivity contribution is 0.341. The predicted octanol–water partition coefficient (Wildman–Crippen LogP) is 1.98. The molecule has 4 rings (SSSR count). The number of aromatic nitrogens is 5. The van der Waals surface area contributed by atoms with Crippen LogP contribution in [0.5, 0.6) is 5.75 Å². The monoisotopic (exact) mass is 297 g/mol. The first-order valence-corrected chi connectivity index (χ1v) is 7.34. The molecule has 2 N–H and O–H groups in total. The Hall–Kier alpha value is -2.70. The van der Waals surface area contributed by atoms with Crippen LogP contribution in [-0.2, 0) is 0 Å². The smallest absolute Gasteiger partial charge is 0.281 e. The zero-order valence-electron chi connectivity index (χ0n) is 12.1. The fourth-order valence-corrected chi connectivity index (χ4v) is 2.56. The van der Waals surface area contributed by atoms with Gasteiger partial charge in [-0.3, -0.25) is 4.79 Å². The molecule has 3 aromatic rings. The Balaban J connectivity index is 1.86. The summed E-state index contributed by atoms with van der Waals surface area (Å²) in [6, 6.07) is 6.06. The first kappa shape index (κ1) is 13.0. The number of ether oxygens (including phenoxy) is 1. The van der Waals surface area contributed by atoms with Gasteiger partial charge in [-0.05, 0) is 43.4 Å². The van der Waals surface area contributed by atoms with Gasteiger partial charge in [-0.2, -0.15) is 5.21 Å². The largest absolute Gasteiger partial charge is 0.493 e. The Morgan fingerprint density at radius 3 is 2.95 bits per heavy atom. The molecule has 1 aromatic carbocycles. The molecule has 1 aliphatic carbocycles. The van der Waals surface area contributed by atoms with Gasteiger partial charge >= 0.3 is 0 Å². The van der Waals surface area contributed by atoms with E-state index in [4.69, 9.17) is 4.74 Å². The van der Waals surface area contributed by atoms with Gasteiger partial charge in [-0.15, -0.1) is 10.2 Å². The summed E-state index contributed by atoms with van der Waals surface area (Å²) in [5.41, 5.74) is 2.22. The van der Waals surface area contributed by atoms with Crippen molar-refractivity contribution in [3.63, 3.8) is 0 Å². The van der Waals surface area contributed by atoms with Crippen molar-refractivity contribution in [2.24, 2.45) is 0 Å². The number of H-pyrrole nitrogens is 2. The molecule has 0 spiro atoms. The maximum Gasteiger partial charge on any atom is 0.281 e. The summed E-state index contributed by atoms with van der Waals surface area (Å²) >= 11 is 0. The van der Waals surface area contributed by atoms with Crippen molar-refractivity contribution in [1.29, 1.82) is 0 Å². The van der Waals surface area contributed by atoms with Crippen molar-refractivity contribution >= 4 is 11.2 Å². The van der Waals surface area contributed by atoms with E-state index in [0.717, 1.165) is 11.3 Å². The normalized spacial score (nSPS) is 14.4. The van der Waals surface area contributed by atoms with Crippen molar-refractivity contribution < 1.29 is 4.74 Å². The Bertz CT molecular complexity index is 894. The third-order valence-electron chi connectivity index (χ3n) is 3.80. The molecule has 7 nitrogen and oxygen atoms in total. The van der Waals surface area contributed by atoms with E-state index in [0.29, 0.717) is 24.0 Å². The zero-order valence-corrected chi connectivity index (χ0v) is 12.1. The minimum atomic E-state index is -0.317. The van der Waals surface area contributed by atoms with Crippen molar-refractivity contribution in [3.8, 4) is 17.1 Å². The fraction of sp³-hybridized carbons (Fsp3) is 0.333. The lowest BCUT2D eigenvalue weighted by atomic mass is 10.1. The Morgan fingerprint density at radius 2 is 2.18 bits per heavy atom. The summed E-state index contributed by atoms with van der Waals surface area (Å²) in [4.78, 5) is 19.1. The quantitative estimate of drug-likeness (QED) is 0.767. The molecule has 0 amide bonds. The summed E-state index contributed by atoms with van der Waals surface area (Å²) < 4.78 is 5.74. The molecule has 22 heavy (non-hydrogen) atoms. The van der Waals surface area contributed by atoms with Crippen LogP contribution < -0.4 is 10.3 Å². The second-order valence-corrected chi connectivity index (χ2v) is 5.37. The average Bonchev–Trinajstić information content (AvgIpc) is 3.25. The molecule has 0 aliphatic heterocycles. The van der Waals surface area contributed by atoms with E-state index in [2.05, 4.69) is 31.4 Å². The minimum Gasteiger partial charge on any atom is -0.493 e. The second-order valence-electron chi connectivity index (χ2n) is 5.37. The SMILES string of the molecule is CCOc1cc(C2CC2)ccc1-c1nc2n[nH]nc2c(=O)[nH]1. The van der Waals surface area contributed by atoms with Crippen LogP contribution in [0.4, 0.5) is 0 Å². The first-order chi connectivity index (χ1) is 10.8. The lowest BCUT2D eigenvalue weighted by Crippen LogP contribution is -2.10. The van der Waals surface area contributed by atoms with Crippen LogP contribution >= 0.6 is 0 Å². The van der Waals surface area contributed by atoms with Crippen LogP contribution in [0.2, 0.25) is 0 Å². The summed E-state index contributed by atoms with van der Waals surface area (Å²) in [5, 5.41) is 10.1. The Kier molecular flexibility index (Phi) is 2.92. The molecule has 112 valence electrons. The van der Waals surface area contributed by atoms with Gasteiger partial charge in [-0.1, -0.05) is 6.07 Å². The van der Waals surface area contributed by atoms with Gasteiger partial charge in [0.15, 0.2) is 5.52 Å². The lowest BCUT2D eigenvalue weighted by Gasteiger charge is -2.11. The van der Waals surface area contributed by atoms with E-state index >= 15 is 0 Å². The van der Waals surface area contributed by atoms with Gasteiger partial charge < -0.3 is 9.72 Å². The van der Waals surface area contributed by atoms with Crippen LogP contribution in [0.3, 0.4) is 0 Å². The van der Waals surface area contributed by atoms with Crippen molar-refractivity contribution in [2.45, 2.75) is 25.7 Å². The molecule has 2 heterocycles. The molecule has 0 atom stereocenters. The van der Waals surface area contributed by atoms with E-state index in [1.54, 1.807) is 0 Å². The van der Waals surface area contributed by atoms with E-state index < -0.39 is 0 Å². The Labute approximate surface area is 125 Å². The average molecular weight is 297 g/mol. The van der Waals surface area contributed by atoms with Gasteiger partial charge in [0.05, 0.1) is 12.2 Å². The van der Waals surface area contributed by atoms with Crippen LogP contribution in [0.1, 0.15) is 31.2 Å². The number of nitrogens with zero attached hydrogens (tertiary/aromatic N) is 3. The molecule has 0 unspecified atom stereocenters. The fourth-order valence-electron chi connectivity index (χ4n) is 2.56. The molecule has 1 aliphatic rings. The highest BCUT2D eigenvalue weighted by Gasteiger charge is 2.25. The molecule has 1 saturated carbocycles. The highest BCUT2D eigenvalue weighted by Crippen LogP contribution is 2.42. The van der Waals surface area contributed by atoms with E-state index in [1.165, 1.54) is 18.4 Å². The van der Waals surface area contributed by atoms with Crippen LogP contribution in [0.25, 0.3) is 22.6 Å². The van der Waals surface area contributed by atoms with Gasteiger partial charge in [0, 0.05) is 0 Å². The number of aromatic amines is 2. The highest BCUT2D eigenvalue weighted by molar-refractivity contribution is 5.73. The summed E-state index contributed by atoms with van der Waals surface area (Å²) in [6.45, 7) is 2.49. The summed E-state index contributed by atoms with van der Waals surface area (Å²) in [5.74, 6) is 1.81. The van der Waals surface area contributed by atoms with Crippen molar-refractivity contribution in [1.82, 2.24) is 25.4 Å². The van der Waals surface area contributed by atoms with Crippen molar-refractivity contribution in [2.75, 3.05) is 6.61 Å². The number of fused-ring (bicyclic) bond motifs is 1. The third kappa shape index (κ3) is 2.14. The van der Waals surface area contributed by atoms with Crippen LogP contribution in [0, 0.1) is 0 Å². The zero-order chi connectivity index (χ0) is 15.1. The minimum absolute atomic E-state index is 0.205. The molecule has 0 saturated heterocycles. The molecule has 0 bridgehead atoms. The maximum absolute atomic E-state index is 12.0. The highest BCUT2D eigenvalue weighted by atomic mass is 16.5. The van der Waals surface area contributed by atoms with E-state index in [-0.39, 0.29) is 11.1 Å². The number of hydrogen-bond donors (Lipinski definition) is 2.